The number of aromatic nitrogens is 3. The summed E-state index contributed by atoms with van der Waals surface area (Å²) in [6.07, 6.45) is -4.62. The van der Waals surface area contributed by atoms with Crippen molar-refractivity contribution in [3.8, 4) is 0 Å². The van der Waals surface area contributed by atoms with Crippen LogP contribution < -0.4 is 5.32 Å². The van der Waals surface area contributed by atoms with E-state index in [1.165, 1.54) is 6.20 Å². The molecule has 4 rings (SSSR count). The zero-order chi connectivity index (χ0) is 25.5. The van der Waals surface area contributed by atoms with Gasteiger partial charge in [-0.1, -0.05) is 41.4 Å². The number of aliphatic hydroxyl groups is 2. The molecule has 0 saturated carbocycles. The number of hydrogen-bond donors (Lipinski definition) is 5. The molecular weight excluding hydrogens is 546 g/mol. The van der Waals surface area contributed by atoms with Crippen LogP contribution in [0, 0.1) is 0 Å². The highest BCUT2D eigenvalue weighted by atomic mass is 35.5. The molecule has 1 saturated heterocycles. The van der Waals surface area contributed by atoms with Gasteiger partial charge in [-0.05, 0) is 17.7 Å². The lowest BCUT2D eigenvalue weighted by Gasteiger charge is -2.16. The summed E-state index contributed by atoms with van der Waals surface area (Å²) in [7, 11) is -9.17. The Morgan fingerprint density at radius 1 is 1.17 bits per heavy atom. The van der Waals surface area contributed by atoms with Gasteiger partial charge in [-0.15, -0.1) is 0 Å². The van der Waals surface area contributed by atoms with Crippen LogP contribution in [0.25, 0.3) is 11.0 Å². The average molecular weight is 567 g/mol. The van der Waals surface area contributed by atoms with E-state index in [9.17, 15) is 23.2 Å². The van der Waals surface area contributed by atoms with E-state index in [-0.39, 0.29) is 10.8 Å². The number of rotatable bonds is 8. The highest BCUT2D eigenvalue weighted by molar-refractivity contribution is 7.97. The van der Waals surface area contributed by atoms with Crippen LogP contribution >= 0.6 is 30.8 Å². The summed E-state index contributed by atoms with van der Waals surface area (Å²) >= 11 is 12.4. The molecule has 0 aliphatic carbocycles. The molecule has 0 bridgehead atoms. The van der Waals surface area contributed by atoms with E-state index in [1.807, 2.05) is 18.2 Å². The second-order valence-electron chi connectivity index (χ2n) is 8.01. The van der Waals surface area contributed by atoms with Gasteiger partial charge < -0.3 is 30.1 Å². The van der Waals surface area contributed by atoms with Crippen molar-refractivity contribution in [1.29, 1.82) is 0 Å². The van der Waals surface area contributed by atoms with Crippen LogP contribution in [0.15, 0.2) is 36.5 Å². The molecule has 1 aliphatic rings. The molecule has 4 atom stereocenters. The van der Waals surface area contributed by atoms with Gasteiger partial charge >= 0.3 is 7.60 Å². The Bertz CT molecular complexity index is 1400. The third kappa shape index (κ3) is 5.96. The third-order valence-electron chi connectivity index (χ3n) is 5.32. The van der Waals surface area contributed by atoms with Crippen molar-refractivity contribution in [2.45, 2.75) is 31.1 Å². The van der Waals surface area contributed by atoms with Crippen molar-refractivity contribution < 1.29 is 37.7 Å². The summed E-state index contributed by atoms with van der Waals surface area (Å²) in [6, 6.07) is 8.83. The first-order valence-corrected chi connectivity index (χ1v) is 14.5. The van der Waals surface area contributed by atoms with Gasteiger partial charge in [-0.3, -0.25) is 4.57 Å². The Kier molecular flexibility index (Phi) is 7.45. The van der Waals surface area contributed by atoms with Crippen molar-refractivity contribution in [3.63, 3.8) is 0 Å². The number of nitrogens with one attached hydrogen (secondary N) is 1. The first kappa shape index (κ1) is 26.3. The summed E-state index contributed by atoms with van der Waals surface area (Å²) in [5, 5.41) is 29.5. The molecule has 3 heterocycles. The van der Waals surface area contributed by atoms with Crippen LogP contribution in [0.4, 0.5) is 5.69 Å². The predicted molar refractivity (Wildman–Crippen MR) is 128 cm³/mol. The van der Waals surface area contributed by atoms with Gasteiger partial charge in [0.15, 0.2) is 27.2 Å². The maximum atomic E-state index is 12.1. The van der Waals surface area contributed by atoms with Crippen molar-refractivity contribution in [3.05, 3.63) is 52.3 Å². The predicted octanol–water partition coefficient (Wildman–Crippen LogP) is 1.52. The van der Waals surface area contributed by atoms with Crippen LogP contribution in [0.2, 0.25) is 10.2 Å². The fraction of sp³-hybridized carbons (Fsp3) is 0.368. The lowest BCUT2D eigenvalue weighted by molar-refractivity contribution is -0.0364. The van der Waals surface area contributed by atoms with Crippen molar-refractivity contribution in [2.24, 2.45) is 0 Å². The lowest BCUT2D eigenvalue weighted by atomic mass is 10.1. The van der Waals surface area contributed by atoms with Gasteiger partial charge in [-0.2, -0.15) is 5.10 Å². The molecule has 2 aromatic heterocycles. The van der Waals surface area contributed by atoms with E-state index in [4.69, 9.17) is 37.7 Å². The SMILES string of the molecule is O=P(O)(O)CS(=O)(=O)C[C@H]1O[C@@H](n2ncc3c(NCc4ccccc4Cl)cc(Cl)nc32)[C@H](O)[C@@H]1O. The molecule has 3 aromatic rings. The van der Waals surface area contributed by atoms with Crippen LogP contribution in [0.3, 0.4) is 0 Å². The number of hydrogen-bond acceptors (Lipinski definition) is 9. The number of nitrogens with zero attached hydrogens (tertiary/aromatic N) is 3. The largest absolute Gasteiger partial charge is 0.387 e. The third-order valence-corrected chi connectivity index (χ3v) is 9.64. The molecule has 35 heavy (non-hydrogen) atoms. The Morgan fingerprint density at radius 3 is 2.57 bits per heavy atom. The number of aliphatic hydroxyl groups excluding tert-OH is 2. The van der Waals surface area contributed by atoms with E-state index >= 15 is 0 Å². The van der Waals surface area contributed by atoms with Crippen molar-refractivity contribution >= 4 is 57.4 Å². The number of pyridine rings is 1. The van der Waals surface area contributed by atoms with Crippen LogP contribution in [-0.4, -0.2) is 72.7 Å². The minimum atomic E-state index is -4.86. The van der Waals surface area contributed by atoms with E-state index in [0.29, 0.717) is 22.6 Å². The summed E-state index contributed by atoms with van der Waals surface area (Å²) in [5.41, 5.74) is 0.170. The standard InChI is InChI=1S/C19H21Cl2N4O8PS/c20-12-4-2-1-3-10(12)6-22-13-5-15(21)24-18-11(13)7-23-25(18)19-17(27)16(26)14(33-19)8-35(31,32)9-34(28,29)30/h1-5,7,14,16-17,19,26-27H,6,8-9H2,(H,22,24)(H2,28,29,30)/t14-,16-,17-,19-/m1/s1. The second kappa shape index (κ2) is 9.92. The summed E-state index contributed by atoms with van der Waals surface area (Å²) in [4.78, 5) is 22.2. The Morgan fingerprint density at radius 2 is 1.89 bits per heavy atom. The molecule has 0 amide bonds. The zero-order valence-electron chi connectivity index (χ0n) is 17.8. The van der Waals surface area contributed by atoms with Gasteiger partial charge in [-0.25, -0.2) is 18.1 Å². The topological polar surface area (TPSA) is 184 Å². The number of halogens is 2. The van der Waals surface area contributed by atoms with E-state index in [0.717, 1.165) is 10.2 Å². The molecule has 1 aromatic carbocycles. The van der Waals surface area contributed by atoms with Crippen molar-refractivity contribution in [1.82, 2.24) is 14.8 Å². The molecule has 0 unspecified atom stereocenters. The molecule has 1 fully saturated rings. The molecule has 16 heteroatoms. The normalized spacial score (nSPS) is 23.1. The fourth-order valence-electron chi connectivity index (χ4n) is 3.78. The van der Waals surface area contributed by atoms with Crippen LogP contribution in [-0.2, 0) is 25.7 Å². The maximum Gasteiger partial charge on any atom is 0.340 e. The fourth-order valence-corrected chi connectivity index (χ4v) is 7.42. The summed E-state index contributed by atoms with van der Waals surface area (Å²) < 4.78 is 42.1. The molecular formula is C19H21Cl2N4O8PS. The first-order valence-electron chi connectivity index (χ1n) is 10.1. The molecule has 1 aliphatic heterocycles. The first-order chi connectivity index (χ1) is 16.3. The lowest BCUT2D eigenvalue weighted by Crippen LogP contribution is -2.36. The molecule has 0 spiro atoms. The Labute approximate surface area is 209 Å². The maximum absolute atomic E-state index is 12.1. The van der Waals surface area contributed by atoms with Gasteiger partial charge in [0.2, 0.25) is 0 Å². The smallest absolute Gasteiger partial charge is 0.340 e. The minimum Gasteiger partial charge on any atom is -0.387 e. The number of anilines is 1. The highest BCUT2D eigenvalue weighted by Crippen LogP contribution is 2.38. The number of ether oxygens (including phenoxy) is 1. The van der Waals surface area contributed by atoms with Gasteiger partial charge in [0, 0.05) is 11.6 Å². The average Bonchev–Trinajstić information content (AvgIpc) is 3.27. The van der Waals surface area contributed by atoms with Crippen LogP contribution in [0.1, 0.15) is 11.8 Å². The Hall–Kier alpha value is -1.80. The van der Waals surface area contributed by atoms with E-state index in [2.05, 4.69) is 15.4 Å². The summed E-state index contributed by atoms with van der Waals surface area (Å²) in [5.74, 6) is -0.912. The van der Waals surface area contributed by atoms with E-state index in [1.54, 1.807) is 12.1 Å². The summed E-state index contributed by atoms with van der Waals surface area (Å²) in [6.45, 7) is 0.362. The Balaban J connectivity index is 1.59. The van der Waals surface area contributed by atoms with Gasteiger partial charge in [0.05, 0.1) is 23.0 Å². The molecule has 0 radical (unpaired) electrons. The van der Waals surface area contributed by atoms with Crippen LogP contribution in [0.5, 0.6) is 0 Å². The van der Waals surface area contributed by atoms with E-state index < -0.39 is 53.2 Å². The van der Waals surface area contributed by atoms with Gasteiger partial charge in [0.25, 0.3) is 0 Å². The second-order valence-corrected chi connectivity index (χ2v) is 13.0. The monoisotopic (exact) mass is 566 g/mol. The number of sulfone groups is 1. The number of fused-ring (bicyclic) bond motifs is 1. The van der Waals surface area contributed by atoms with Crippen molar-refractivity contribution in [2.75, 3.05) is 16.6 Å². The molecule has 5 N–H and O–H groups in total. The highest BCUT2D eigenvalue weighted by Gasteiger charge is 2.47. The minimum absolute atomic E-state index is 0.0923. The number of benzene rings is 1. The zero-order valence-corrected chi connectivity index (χ0v) is 21.0. The molecule has 12 nitrogen and oxygen atoms in total. The molecule has 190 valence electrons. The quantitative estimate of drug-likeness (QED) is 0.196. The van der Waals surface area contributed by atoms with Gasteiger partial charge in [0.1, 0.15) is 23.5 Å².